The molecular formula is C10H9ClN2O2S. The molecule has 0 aliphatic rings. The van der Waals surface area contributed by atoms with Gasteiger partial charge in [0.2, 0.25) is 0 Å². The molecule has 0 aromatic carbocycles. The van der Waals surface area contributed by atoms with E-state index in [1.807, 2.05) is 6.07 Å². The van der Waals surface area contributed by atoms with Gasteiger partial charge in [-0.15, -0.1) is 11.3 Å². The first-order valence-corrected chi connectivity index (χ1v) is 5.81. The first-order chi connectivity index (χ1) is 7.58. The quantitative estimate of drug-likeness (QED) is 0.887. The lowest BCUT2D eigenvalue weighted by Crippen LogP contribution is -2.08. The normalized spacial score (nSPS) is 12.6. The van der Waals surface area contributed by atoms with E-state index in [1.165, 1.54) is 11.3 Å². The van der Waals surface area contributed by atoms with Gasteiger partial charge in [0.1, 0.15) is 11.7 Å². The fraction of sp³-hybridized carbons (Fsp3) is 0.200. The zero-order valence-corrected chi connectivity index (χ0v) is 9.97. The Kier molecular flexibility index (Phi) is 2.98. The number of carboxylic acid groups (broad SMARTS) is 1. The lowest BCUT2D eigenvalue weighted by Gasteiger charge is -2.00. The first-order valence-electron chi connectivity index (χ1n) is 4.61. The molecule has 0 amide bonds. The summed E-state index contributed by atoms with van der Waals surface area (Å²) >= 11 is 7.24. The number of nitrogens with zero attached hydrogens (tertiary/aromatic N) is 1. The third kappa shape index (κ3) is 2.10. The van der Waals surface area contributed by atoms with Crippen molar-refractivity contribution < 1.29 is 9.90 Å². The molecule has 4 nitrogen and oxygen atoms in total. The second-order valence-corrected chi connectivity index (χ2v) is 5.06. The molecule has 0 saturated carbocycles. The second kappa shape index (κ2) is 4.27. The molecule has 16 heavy (non-hydrogen) atoms. The number of hydrogen-bond acceptors (Lipinski definition) is 3. The van der Waals surface area contributed by atoms with Gasteiger partial charge in [-0.25, -0.2) is 4.98 Å². The summed E-state index contributed by atoms with van der Waals surface area (Å²) in [4.78, 5) is 18.8. The van der Waals surface area contributed by atoms with E-state index in [9.17, 15) is 4.79 Å². The molecule has 6 heteroatoms. The van der Waals surface area contributed by atoms with Crippen LogP contribution in [0.2, 0.25) is 4.34 Å². The van der Waals surface area contributed by atoms with E-state index >= 15 is 0 Å². The first kappa shape index (κ1) is 11.2. The number of aromatic nitrogens is 2. The standard InChI is InChI=1S/C10H9ClN2O2S/c1-5(10(14)15)9-12-4-6(13-9)7-2-3-8(11)16-7/h2-5H,1H3,(H,12,13)(H,14,15). The van der Waals surface area contributed by atoms with Crippen LogP contribution in [0.15, 0.2) is 18.3 Å². The van der Waals surface area contributed by atoms with Gasteiger partial charge < -0.3 is 10.1 Å². The average Bonchev–Trinajstić information content (AvgIpc) is 2.84. The van der Waals surface area contributed by atoms with Crippen LogP contribution in [0.5, 0.6) is 0 Å². The van der Waals surface area contributed by atoms with E-state index in [-0.39, 0.29) is 0 Å². The zero-order valence-electron chi connectivity index (χ0n) is 8.40. The number of aliphatic carboxylic acids is 1. The lowest BCUT2D eigenvalue weighted by atomic mass is 10.2. The Labute approximate surface area is 101 Å². The Morgan fingerprint density at radius 2 is 2.38 bits per heavy atom. The highest BCUT2D eigenvalue weighted by Gasteiger charge is 2.17. The minimum atomic E-state index is -0.898. The summed E-state index contributed by atoms with van der Waals surface area (Å²) < 4.78 is 0.692. The summed E-state index contributed by atoms with van der Waals surface area (Å²) in [7, 11) is 0. The molecular weight excluding hydrogens is 248 g/mol. The summed E-state index contributed by atoms with van der Waals surface area (Å²) in [6.07, 6.45) is 1.62. The maximum absolute atomic E-state index is 10.8. The molecule has 2 aromatic heterocycles. The maximum Gasteiger partial charge on any atom is 0.313 e. The van der Waals surface area contributed by atoms with Gasteiger partial charge in [0.05, 0.1) is 21.1 Å². The molecule has 0 spiro atoms. The fourth-order valence-corrected chi connectivity index (χ4v) is 2.27. The van der Waals surface area contributed by atoms with Gasteiger partial charge in [-0.2, -0.15) is 0 Å². The van der Waals surface area contributed by atoms with Gasteiger partial charge in [0.25, 0.3) is 0 Å². The summed E-state index contributed by atoms with van der Waals surface area (Å²) in [6, 6.07) is 3.67. The van der Waals surface area contributed by atoms with Crippen molar-refractivity contribution in [3.05, 3.63) is 28.5 Å². The fourth-order valence-electron chi connectivity index (χ4n) is 1.26. The highest BCUT2D eigenvalue weighted by atomic mass is 35.5. The molecule has 2 rings (SSSR count). The summed E-state index contributed by atoms with van der Waals surface area (Å²) in [6.45, 7) is 1.59. The van der Waals surface area contributed by atoms with Crippen molar-refractivity contribution in [1.29, 1.82) is 0 Å². The van der Waals surface area contributed by atoms with Gasteiger partial charge in [-0.1, -0.05) is 11.6 Å². The van der Waals surface area contributed by atoms with E-state index in [1.54, 1.807) is 19.2 Å². The third-order valence-corrected chi connectivity index (χ3v) is 3.48. The molecule has 2 N–H and O–H groups in total. The molecule has 0 aliphatic carbocycles. The van der Waals surface area contributed by atoms with Crippen LogP contribution in [-0.4, -0.2) is 21.0 Å². The Balaban J connectivity index is 2.29. The summed E-state index contributed by atoms with van der Waals surface area (Å²) in [5, 5.41) is 8.84. The van der Waals surface area contributed by atoms with Crippen LogP contribution >= 0.6 is 22.9 Å². The molecule has 0 aliphatic heterocycles. The van der Waals surface area contributed by atoms with Gasteiger partial charge in [0.15, 0.2) is 0 Å². The Bertz CT molecular complexity index is 520. The highest BCUT2D eigenvalue weighted by Crippen LogP contribution is 2.30. The molecule has 0 radical (unpaired) electrons. The average molecular weight is 257 g/mol. The molecule has 84 valence electrons. The SMILES string of the molecule is CC(C(=O)O)c1ncc(-c2ccc(Cl)s2)[nH]1. The second-order valence-electron chi connectivity index (χ2n) is 3.35. The molecule has 1 atom stereocenters. The summed E-state index contributed by atoms with van der Waals surface area (Å²) in [5.41, 5.74) is 0.792. The third-order valence-electron chi connectivity index (χ3n) is 2.21. The highest BCUT2D eigenvalue weighted by molar-refractivity contribution is 7.19. The van der Waals surface area contributed by atoms with Crippen LogP contribution in [-0.2, 0) is 4.79 Å². The minimum Gasteiger partial charge on any atom is -0.481 e. The van der Waals surface area contributed by atoms with Gasteiger partial charge in [0, 0.05) is 0 Å². The molecule has 0 bridgehead atoms. The van der Waals surface area contributed by atoms with Crippen molar-refractivity contribution in [2.24, 2.45) is 0 Å². The lowest BCUT2D eigenvalue weighted by molar-refractivity contribution is -0.138. The van der Waals surface area contributed by atoms with Crippen LogP contribution < -0.4 is 0 Å². The number of halogens is 1. The number of thiophene rings is 1. The van der Waals surface area contributed by atoms with Crippen molar-refractivity contribution in [3.8, 4) is 10.6 Å². The van der Waals surface area contributed by atoms with Crippen molar-refractivity contribution in [3.63, 3.8) is 0 Å². The molecule has 2 aromatic rings. The topological polar surface area (TPSA) is 66.0 Å². The Morgan fingerprint density at radius 1 is 1.62 bits per heavy atom. The number of carbonyl (C=O) groups is 1. The number of nitrogens with one attached hydrogen (secondary N) is 1. The van der Waals surface area contributed by atoms with Crippen molar-refractivity contribution in [2.45, 2.75) is 12.8 Å². The van der Waals surface area contributed by atoms with Crippen molar-refractivity contribution in [1.82, 2.24) is 9.97 Å². The van der Waals surface area contributed by atoms with Crippen LogP contribution in [0.25, 0.3) is 10.6 Å². The number of imidazole rings is 1. The zero-order chi connectivity index (χ0) is 11.7. The van der Waals surface area contributed by atoms with Crippen molar-refractivity contribution >= 4 is 28.9 Å². The van der Waals surface area contributed by atoms with Gasteiger partial charge in [-0.05, 0) is 19.1 Å². The van der Waals surface area contributed by atoms with Crippen LogP contribution in [0, 0.1) is 0 Å². The monoisotopic (exact) mass is 256 g/mol. The molecule has 2 heterocycles. The Hall–Kier alpha value is -1.33. The van der Waals surface area contributed by atoms with Gasteiger partial charge in [-0.3, -0.25) is 4.79 Å². The van der Waals surface area contributed by atoms with Crippen LogP contribution in [0.4, 0.5) is 0 Å². The van der Waals surface area contributed by atoms with Crippen LogP contribution in [0.3, 0.4) is 0 Å². The maximum atomic E-state index is 10.8. The van der Waals surface area contributed by atoms with Gasteiger partial charge >= 0.3 is 5.97 Å². The van der Waals surface area contributed by atoms with E-state index < -0.39 is 11.9 Å². The van der Waals surface area contributed by atoms with E-state index in [0.29, 0.717) is 10.2 Å². The molecule has 0 saturated heterocycles. The molecule has 0 fully saturated rings. The largest absolute Gasteiger partial charge is 0.481 e. The molecule has 1 unspecified atom stereocenters. The van der Waals surface area contributed by atoms with E-state index in [2.05, 4.69) is 9.97 Å². The predicted molar refractivity (Wildman–Crippen MR) is 63.0 cm³/mol. The number of carboxylic acids is 1. The number of aromatic amines is 1. The predicted octanol–water partition coefficient (Wildman–Crippen LogP) is 2.98. The number of hydrogen-bond donors (Lipinski definition) is 2. The minimum absolute atomic E-state index is 0.451. The smallest absolute Gasteiger partial charge is 0.313 e. The van der Waals surface area contributed by atoms with E-state index in [4.69, 9.17) is 16.7 Å². The van der Waals surface area contributed by atoms with Crippen LogP contribution in [0.1, 0.15) is 18.7 Å². The number of rotatable bonds is 3. The van der Waals surface area contributed by atoms with E-state index in [0.717, 1.165) is 10.6 Å². The van der Waals surface area contributed by atoms with Crippen molar-refractivity contribution in [2.75, 3.05) is 0 Å². The Morgan fingerprint density at radius 3 is 2.94 bits per heavy atom. The summed E-state index contributed by atoms with van der Waals surface area (Å²) in [5.74, 6) is -1.08. The number of H-pyrrole nitrogens is 1.